The highest BCUT2D eigenvalue weighted by Crippen LogP contribution is 2.71. The highest BCUT2D eigenvalue weighted by Gasteiger charge is 2.67. The maximum absolute atomic E-state index is 13.0. The standard InChI is InChI=1S/C22H34O2.C10H17F3O2/c1-12-13(2)16-11-15(12)19-14-9-17(20(16)19)18(10-14)21(23)24-22(3)7-5-4-6-8-22;1-6-9(5,10(11,12)13)7(14)15-8(2,3)4/h12-20H,4-11H2,1-3H3;6H2,1-5H3. The van der Waals surface area contributed by atoms with Gasteiger partial charge in [-0.2, -0.15) is 13.2 Å². The molecule has 0 radical (unpaired) electrons. The zero-order valence-corrected chi connectivity index (χ0v) is 25.3. The van der Waals surface area contributed by atoms with Crippen molar-refractivity contribution in [2.45, 2.75) is 131 Å². The van der Waals surface area contributed by atoms with Gasteiger partial charge in [-0.1, -0.05) is 27.2 Å². The van der Waals surface area contributed by atoms with Gasteiger partial charge in [-0.15, -0.1) is 0 Å². The Morgan fingerprint density at radius 2 is 1.41 bits per heavy atom. The molecule has 0 spiro atoms. The van der Waals surface area contributed by atoms with E-state index in [4.69, 9.17) is 9.47 Å². The molecule has 4 nitrogen and oxygen atoms in total. The van der Waals surface area contributed by atoms with Crippen LogP contribution < -0.4 is 0 Å². The highest BCUT2D eigenvalue weighted by molar-refractivity contribution is 5.77. The molecule has 0 amide bonds. The fraction of sp³-hybridized carbons (Fsp3) is 0.938. The highest BCUT2D eigenvalue weighted by atomic mass is 19.4. The number of carbonyl (C=O) groups excluding carboxylic acids is 2. The lowest BCUT2D eigenvalue weighted by Crippen LogP contribution is -2.45. The summed E-state index contributed by atoms with van der Waals surface area (Å²) in [6, 6.07) is 0. The Balaban J connectivity index is 0.000000206. The van der Waals surface area contributed by atoms with Crippen LogP contribution in [0.1, 0.15) is 113 Å². The van der Waals surface area contributed by atoms with E-state index in [9.17, 15) is 22.8 Å². The summed E-state index contributed by atoms with van der Waals surface area (Å²) in [6.45, 7) is 14.0. The molecule has 7 heteroatoms. The van der Waals surface area contributed by atoms with Gasteiger partial charge in [-0.05, 0) is 133 Å². The molecule has 5 saturated carbocycles. The van der Waals surface area contributed by atoms with Gasteiger partial charge in [0.25, 0.3) is 0 Å². The second-order valence-electron chi connectivity index (χ2n) is 15.1. The molecule has 5 aliphatic rings. The average Bonchev–Trinajstić information content (AvgIpc) is 3.57. The Morgan fingerprint density at radius 3 is 1.92 bits per heavy atom. The van der Waals surface area contributed by atoms with E-state index in [1.807, 2.05) is 0 Å². The quantitative estimate of drug-likeness (QED) is 0.258. The largest absolute Gasteiger partial charge is 0.459 e. The zero-order valence-electron chi connectivity index (χ0n) is 25.3. The van der Waals surface area contributed by atoms with Crippen LogP contribution in [0.4, 0.5) is 13.2 Å². The molecule has 0 aromatic heterocycles. The van der Waals surface area contributed by atoms with Gasteiger partial charge < -0.3 is 9.47 Å². The topological polar surface area (TPSA) is 52.6 Å². The molecule has 0 N–H and O–H groups in total. The number of rotatable bonds is 4. The van der Waals surface area contributed by atoms with Gasteiger partial charge in [0, 0.05) is 0 Å². The second kappa shape index (κ2) is 10.5. The van der Waals surface area contributed by atoms with E-state index >= 15 is 0 Å². The van der Waals surface area contributed by atoms with Crippen LogP contribution in [0.5, 0.6) is 0 Å². The lowest BCUT2D eigenvalue weighted by Gasteiger charge is -2.43. The molecule has 0 heterocycles. The minimum absolute atomic E-state index is 0.160. The van der Waals surface area contributed by atoms with Crippen molar-refractivity contribution >= 4 is 11.9 Å². The number of hydrogen-bond donors (Lipinski definition) is 0. The van der Waals surface area contributed by atoms with Crippen LogP contribution in [0.3, 0.4) is 0 Å². The van der Waals surface area contributed by atoms with Gasteiger partial charge in [0.05, 0.1) is 5.92 Å². The predicted octanol–water partition coefficient (Wildman–Crippen LogP) is 8.37. The molecule has 0 aromatic rings. The molecule has 5 rings (SSSR count). The SMILES string of the molecule is CC1C(C)C2CC1C1C3CC(C(=O)OC4(C)CCCCC4)C(C3)C21.CCC(C)(C(=O)OC(C)(C)C)C(F)(F)F. The Labute approximate surface area is 233 Å². The van der Waals surface area contributed by atoms with E-state index < -0.39 is 23.2 Å². The summed E-state index contributed by atoms with van der Waals surface area (Å²) < 4.78 is 48.8. The first-order valence-corrected chi connectivity index (χ1v) is 15.5. The number of halogens is 3. The summed E-state index contributed by atoms with van der Waals surface area (Å²) in [5.41, 5.74) is -3.48. The van der Waals surface area contributed by atoms with Gasteiger partial charge in [-0.25, -0.2) is 0 Å². The van der Waals surface area contributed by atoms with Gasteiger partial charge in [0.15, 0.2) is 5.41 Å². The molecule has 39 heavy (non-hydrogen) atoms. The molecule has 0 aliphatic heterocycles. The van der Waals surface area contributed by atoms with E-state index in [1.165, 1.54) is 59.8 Å². The Morgan fingerprint density at radius 1 is 0.846 bits per heavy atom. The third-order valence-electron chi connectivity index (χ3n) is 11.6. The molecular formula is C32H51F3O4. The lowest BCUT2D eigenvalue weighted by molar-refractivity contribution is -0.236. The van der Waals surface area contributed by atoms with Gasteiger partial charge >= 0.3 is 18.1 Å². The molecular weight excluding hydrogens is 505 g/mol. The van der Waals surface area contributed by atoms with Crippen molar-refractivity contribution in [3.8, 4) is 0 Å². The van der Waals surface area contributed by atoms with Crippen molar-refractivity contribution < 1.29 is 32.2 Å². The van der Waals surface area contributed by atoms with Crippen LogP contribution in [0.2, 0.25) is 0 Å². The molecule has 10 atom stereocenters. The Bertz CT molecular complexity index is 917. The number of ether oxygens (including phenoxy) is 2. The molecule has 5 aliphatic carbocycles. The van der Waals surface area contributed by atoms with E-state index in [-0.39, 0.29) is 23.9 Å². The van der Waals surface area contributed by atoms with E-state index in [2.05, 4.69) is 20.8 Å². The second-order valence-corrected chi connectivity index (χ2v) is 15.1. The van der Waals surface area contributed by atoms with Crippen LogP contribution in [0, 0.1) is 58.7 Å². The predicted molar refractivity (Wildman–Crippen MR) is 144 cm³/mol. The van der Waals surface area contributed by atoms with Gasteiger partial charge in [0.1, 0.15) is 11.2 Å². The maximum Gasteiger partial charge on any atom is 0.404 e. The number of alkyl halides is 3. The van der Waals surface area contributed by atoms with Crippen molar-refractivity contribution in [2.24, 2.45) is 58.7 Å². The molecule has 4 bridgehead atoms. The first-order chi connectivity index (χ1) is 17.9. The zero-order chi connectivity index (χ0) is 29.1. The minimum Gasteiger partial charge on any atom is -0.459 e. The van der Waals surface area contributed by atoms with Gasteiger partial charge in [0.2, 0.25) is 0 Å². The van der Waals surface area contributed by atoms with Crippen LogP contribution >= 0.6 is 0 Å². The monoisotopic (exact) mass is 556 g/mol. The third kappa shape index (κ3) is 5.63. The van der Waals surface area contributed by atoms with Crippen molar-refractivity contribution in [1.82, 2.24) is 0 Å². The normalized spacial score (nSPS) is 39.8. The minimum atomic E-state index is -4.58. The van der Waals surface area contributed by atoms with Gasteiger partial charge in [-0.3, -0.25) is 9.59 Å². The lowest BCUT2D eigenvalue weighted by atomic mass is 9.62. The van der Waals surface area contributed by atoms with Crippen molar-refractivity contribution in [1.29, 1.82) is 0 Å². The molecule has 224 valence electrons. The van der Waals surface area contributed by atoms with E-state index in [0.717, 1.165) is 67.6 Å². The van der Waals surface area contributed by atoms with E-state index in [1.54, 1.807) is 0 Å². The summed E-state index contributed by atoms with van der Waals surface area (Å²) in [5.74, 6) is 6.17. The molecule has 0 aromatic carbocycles. The number of fused-ring (bicyclic) bond motifs is 9. The summed E-state index contributed by atoms with van der Waals surface area (Å²) in [5, 5.41) is 0. The van der Waals surface area contributed by atoms with Crippen LogP contribution in [0.15, 0.2) is 0 Å². The number of esters is 2. The van der Waals surface area contributed by atoms with Crippen LogP contribution in [-0.4, -0.2) is 29.3 Å². The average molecular weight is 557 g/mol. The first kappa shape index (κ1) is 30.7. The van der Waals surface area contributed by atoms with Crippen molar-refractivity contribution in [3.05, 3.63) is 0 Å². The third-order valence-corrected chi connectivity index (χ3v) is 11.6. The molecule has 5 fully saturated rings. The van der Waals surface area contributed by atoms with E-state index in [0.29, 0.717) is 5.92 Å². The summed E-state index contributed by atoms with van der Waals surface area (Å²) >= 11 is 0. The smallest absolute Gasteiger partial charge is 0.404 e. The van der Waals surface area contributed by atoms with Crippen molar-refractivity contribution in [3.63, 3.8) is 0 Å². The molecule has 10 unspecified atom stereocenters. The first-order valence-electron chi connectivity index (χ1n) is 15.5. The summed E-state index contributed by atoms with van der Waals surface area (Å²) in [6.07, 6.45) is 4.94. The Kier molecular flexibility index (Phi) is 8.28. The summed E-state index contributed by atoms with van der Waals surface area (Å²) in [4.78, 5) is 24.4. The summed E-state index contributed by atoms with van der Waals surface area (Å²) in [7, 11) is 0. The number of carbonyl (C=O) groups is 2. The Hall–Kier alpha value is -1.27. The van der Waals surface area contributed by atoms with Crippen LogP contribution in [0.25, 0.3) is 0 Å². The van der Waals surface area contributed by atoms with Crippen LogP contribution in [-0.2, 0) is 19.1 Å². The van der Waals surface area contributed by atoms with Crippen molar-refractivity contribution in [2.75, 3.05) is 0 Å². The molecule has 0 saturated heterocycles. The fourth-order valence-electron chi connectivity index (χ4n) is 9.07. The maximum atomic E-state index is 13.0. The number of hydrogen-bond acceptors (Lipinski definition) is 4. The fourth-order valence-corrected chi connectivity index (χ4v) is 9.07.